The van der Waals surface area contributed by atoms with Crippen LogP contribution in [0.15, 0.2) is 64.3 Å². The minimum atomic E-state index is -0.700. The maximum atomic E-state index is 15.5. The smallest absolute Gasteiger partial charge is 0.328 e. The van der Waals surface area contributed by atoms with E-state index in [9.17, 15) is 19.2 Å². The molecule has 1 aliphatic rings. The number of aromatic amines is 1. The van der Waals surface area contributed by atoms with Crippen molar-refractivity contribution in [1.29, 1.82) is 0 Å². The van der Waals surface area contributed by atoms with Crippen molar-refractivity contribution >= 4 is 17.5 Å². The molecule has 5 rings (SSSR count). The van der Waals surface area contributed by atoms with Gasteiger partial charge in [0.05, 0.1) is 7.11 Å². The largest absolute Gasteiger partial charge is 0.496 e. The first-order chi connectivity index (χ1) is 20.6. The highest BCUT2D eigenvalue weighted by Gasteiger charge is 2.23. The molecule has 0 saturated carbocycles. The number of methoxy groups -OCH3 is 1. The zero-order chi connectivity index (χ0) is 30.8. The molecule has 4 aromatic rings. The predicted octanol–water partition coefficient (Wildman–Crippen LogP) is 3.40. The van der Waals surface area contributed by atoms with E-state index in [4.69, 9.17) is 4.74 Å². The van der Waals surface area contributed by atoms with Crippen molar-refractivity contribution in [3.8, 4) is 28.0 Å². The molecule has 0 radical (unpaired) electrons. The van der Waals surface area contributed by atoms with E-state index < -0.39 is 23.0 Å². The molecular formula is C32H32FN5O5. The van der Waals surface area contributed by atoms with Gasteiger partial charge in [0.25, 0.3) is 11.5 Å². The number of nitrogens with one attached hydrogen (secondary N) is 4. The summed E-state index contributed by atoms with van der Waals surface area (Å²) in [4.78, 5) is 51.0. The Morgan fingerprint density at radius 1 is 1.05 bits per heavy atom. The Hall–Kier alpha value is -5.03. The lowest BCUT2D eigenvalue weighted by atomic mass is 9.90. The number of hydrogen-bond acceptors (Lipinski definition) is 6. The summed E-state index contributed by atoms with van der Waals surface area (Å²) < 4.78 is 21.9. The number of benzene rings is 3. The van der Waals surface area contributed by atoms with Gasteiger partial charge in [0.15, 0.2) is 0 Å². The van der Waals surface area contributed by atoms with Crippen molar-refractivity contribution in [3.05, 3.63) is 104 Å². The molecule has 1 atom stereocenters. The number of carbonyl (C=O) groups is 2. The highest BCUT2D eigenvalue weighted by Crippen LogP contribution is 2.37. The van der Waals surface area contributed by atoms with Gasteiger partial charge in [-0.2, -0.15) is 0 Å². The van der Waals surface area contributed by atoms with E-state index in [1.807, 2.05) is 38.1 Å². The van der Waals surface area contributed by atoms with Gasteiger partial charge in [0.1, 0.15) is 17.1 Å². The Bertz CT molecular complexity index is 1860. The van der Waals surface area contributed by atoms with Crippen molar-refractivity contribution in [2.45, 2.75) is 32.9 Å². The lowest BCUT2D eigenvalue weighted by Crippen LogP contribution is -2.37. The Morgan fingerprint density at radius 2 is 1.74 bits per heavy atom. The second-order valence-corrected chi connectivity index (χ2v) is 10.5. The van der Waals surface area contributed by atoms with Gasteiger partial charge >= 0.3 is 5.69 Å². The van der Waals surface area contributed by atoms with Crippen LogP contribution in [-0.2, 0) is 18.4 Å². The summed E-state index contributed by atoms with van der Waals surface area (Å²) in [7, 11) is 2.79. The van der Waals surface area contributed by atoms with Gasteiger partial charge in [-0.25, -0.2) is 9.18 Å². The Balaban J connectivity index is 1.45. The molecule has 0 bridgehead atoms. The molecule has 222 valence electrons. The van der Waals surface area contributed by atoms with Crippen molar-refractivity contribution in [3.63, 3.8) is 0 Å². The second kappa shape index (κ2) is 12.1. The van der Waals surface area contributed by atoms with E-state index in [1.165, 1.54) is 20.2 Å². The Labute approximate surface area is 246 Å². The van der Waals surface area contributed by atoms with Crippen LogP contribution in [0.4, 0.5) is 10.1 Å². The molecule has 1 aliphatic heterocycles. The molecule has 0 unspecified atom stereocenters. The minimum absolute atomic E-state index is 0.0293. The summed E-state index contributed by atoms with van der Waals surface area (Å²) >= 11 is 0. The molecule has 2 heterocycles. The summed E-state index contributed by atoms with van der Waals surface area (Å²) in [5.74, 6) is -0.689. The number of anilines is 1. The molecule has 4 N–H and O–H groups in total. The van der Waals surface area contributed by atoms with Gasteiger partial charge in [0, 0.05) is 50.0 Å². The molecule has 0 aliphatic carbocycles. The number of H-pyrrole nitrogens is 1. The molecule has 11 heteroatoms. The fourth-order valence-electron chi connectivity index (χ4n) is 5.34. The van der Waals surface area contributed by atoms with Gasteiger partial charge < -0.3 is 25.7 Å². The monoisotopic (exact) mass is 585 g/mol. The first kappa shape index (κ1) is 29.5. The summed E-state index contributed by atoms with van der Waals surface area (Å²) in [5, 5.41) is 8.77. The highest BCUT2D eigenvalue weighted by atomic mass is 19.1. The quantitative estimate of drug-likeness (QED) is 0.251. The van der Waals surface area contributed by atoms with Crippen LogP contribution < -0.4 is 31.9 Å². The van der Waals surface area contributed by atoms with Crippen LogP contribution in [0.5, 0.6) is 5.75 Å². The van der Waals surface area contributed by atoms with Crippen LogP contribution in [0.2, 0.25) is 0 Å². The van der Waals surface area contributed by atoms with Gasteiger partial charge in [0.2, 0.25) is 5.91 Å². The van der Waals surface area contributed by atoms with E-state index in [-0.39, 0.29) is 24.1 Å². The molecule has 0 spiro atoms. The number of amides is 2. The lowest BCUT2D eigenvalue weighted by Gasteiger charge is -2.18. The molecule has 1 fully saturated rings. The third-order valence-electron chi connectivity index (χ3n) is 7.86. The normalized spacial score (nSPS) is 14.4. The first-order valence-corrected chi connectivity index (χ1v) is 13.8. The maximum Gasteiger partial charge on any atom is 0.328 e. The maximum absolute atomic E-state index is 15.5. The predicted molar refractivity (Wildman–Crippen MR) is 162 cm³/mol. The zero-order valence-electron chi connectivity index (χ0n) is 24.3. The topological polar surface area (TPSA) is 134 Å². The van der Waals surface area contributed by atoms with Crippen molar-refractivity contribution in [2.75, 3.05) is 19.0 Å². The number of rotatable bonds is 8. The SMILES string of the molecule is COc1cc(-c2cccc(-c3cccc(NC(=O)c4c[nH]c(=O)n(C)c4=O)c3C)c2C)cc(F)c1CN[C@@H]1CNC(=O)C1. The van der Waals surface area contributed by atoms with E-state index >= 15 is 4.39 Å². The van der Waals surface area contributed by atoms with Crippen molar-refractivity contribution < 1.29 is 18.7 Å². The number of hydrogen-bond donors (Lipinski definition) is 4. The van der Waals surface area contributed by atoms with Gasteiger partial charge in [-0.1, -0.05) is 30.3 Å². The van der Waals surface area contributed by atoms with Crippen LogP contribution in [0.3, 0.4) is 0 Å². The highest BCUT2D eigenvalue weighted by molar-refractivity contribution is 6.04. The van der Waals surface area contributed by atoms with Crippen molar-refractivity contribution in [1.82, 2.24) is 20.2 Å². The summed E-state index contributed by atoms with van der Waals surface area (Å²) in [6, 6.07) is 14.4. The zero-order valence-corrected chi connectivity index (χ0v) is 24.3. The third-order valence-corrected chi connectivity index (χ3v) is 7.86. The molecular weight excluding hydrogens is 553 g/mol. The van der Waals surface area contributed by atoms with Crippen LogP contribution in [0.1, 0.15) is 33.5 Å². The molecule has 1 saturated heterocycles. The number of halogens is 1. The molecule has 10 nitrogen and oxygen atoms in total. The summed E-state index contributed by atoms with van der Waals surface area (Å²) in [5.41, 5.74) is 4.24. The van der Waals surface area contributed by atoms with Crippen LogP contribution >= 0.6 is 0 Å². The summed E-state index contributed by atoms with van der Waals surface area (Å²) in [6.07, 6.45) is 1.46. The average Bonchev–Trinajstić information content (AvgIpc) is 3.41. The van der Waals surface area contributed by atoms with Gasteiger partial charge in [-0.15, -0.1) is 0 Å². The van der Waals surface area contributed by atoms with E-state index in [1.54, 1.807) is 18.2 Å². The molecule has 1 aromatic heterocycles. The lowest BCUT2D eigenvalue weighted by molar-refractivity contribution is -0.119. The molecule has 2 amide bonds. The first-order valence-electron chi connectivity index (χ1n) is 13.8. The van der Waals surface area contributed by atoms with Gasteiger partial charge in [-0.3, -0.25) is 19.0 Å². The number of nitrogens with zero attached hydrogens (tertiary/aromatic N) is 1. The van der Waals surface area contributed by atoms with E-state index in [0.717, 1.165) is 38.6 Å². The average molecular weight is 586 g/mol. The van der Waals surface area contributed by atoms with Crippen LogP contribution in [-0.4, -0.2) is 41.1 Å². The Morgan fingerprint density at radius 3 is 2.44 bits per heavy atom. The van der Waals surface area contributed by atoms with Crippen molar-refractivity contribution in [2.24, 2.45) is 7.05 Å². The fourth-order valence-corrected chi connectivity index (χ4v) is 5.34. The Kier molecular flexibility index (Phi) is 8.27. The molecule has 3 aromatic carbocycles. The molecule has 43 heavy (non-hydrogen) atoms. The number of aromatic nitrogens is 2. The fraction of sp³-hybridized carbons (Fsp3) is 0.250. The standard InChI is InChI=1S/C32H32FN5O5/c1-17-21(19-11-26(33)24(28(12-19)43-4)15-34-20-13-29(39)35-14-20)7-5-8-22(17)23-9-6-10-27(18(23)2)37-30(40)25-16-36-32(42)38(3)31(25)41/h5-12,16,20,34H,13-15H2,1-4H3,(H,35,39)(H,36,42)(H,37,40)/t20-/m0/s1. The number of ether oxygens (including phenoxy) is 1. The van der Waals surface area contributed by atoms with E-state index in [0.29, 0.717) is 35.5 Å². The van der Waals surface area contributed by atoms with Gasteiger partial charge in [-0.05, 0) is 65.4 Å². The number of carbonyl (C=O) groups excluding carboxylic acids is 2. The van der Waals surface area contributed by atoms with Crippen LogP contribution in [0, 0.1) is 19.7 Å². The minimum Gasteiger partial charge on any atom is -0.496 e. The second-order valence-electron chi connectivity index (χ2n) is 10.5. The van der Waals surface area contributed by atoms with Crippen LogP contribution in [0.25, 0.3) is 22.3 Å². The third kappa shape index (κ3) is 5.84. The van der Waals surface area contributed by atoms with E-state index in [2.05, 4.69) is 20.9 Å². The summed E-state index contributed by atoms with van der Waals surface area (Å²) in [6.45, 7) is 4.53.